The first-order valence-electron chi connectivity index (χ1n) is 9.80. The number of amides is 1. The highest BCUT2D eigenvalue weighted by atomic mass is 35.5. The Bertz CT molecular complexity index is 1050. The smallest absolute Gasteiger partial charge is 0.436 e. The largest absolute Gasteiger partial charge is 0.464 e. The van der Waals surface area contributed by atoms with E-state index >= 15 is 0 Å². The van der Waals surface area contributed by atoms with E-state index in [9.17, 15) is 23.1 Å². The Kier molecular flexibility index (Phi) is 7.61. The van der Waals surface area contributed by atoms with E-state index in [-0.39, 0.29) is 5.69 Å². The van der Waals surface area contributed by atoms with E-state index in [1.54, 1.807) is 12.1 Å². The molecule has 3 rings (SSSR count). The van der Waals surface area contributed by atoms with E-state index in [4.69, 9.17) is 27.9 Å². The monoisotopic (exact) mass is 504 g/mol. The van der Waals surface area contributed by atoms with Gasteiger partial charge in [0.25, 0.3) is 0 Å². The average Bonchev–Trinajstić information content (AvgIpc) is 3.11. The van der Waals surface area contributed by atoms with Crippen LogP contribution >= 0.6 is 23.2 Å². The molecule has 2 heterocycles. The van der Waals surface area contributed by atoms with Crippen LogP contribution in [0.25, 0.3) is 0 Å². The molecule has 1 amide bonds. The van der Waals surface area contributed by atoms with Crippen LogP contribution in [0.5, 0.6) is 5.75 Å². The lowest BCUT2D eigenvalue weighted by atomic mass is 10.2. The molecule has 1 saturated heterocycles. The number of carbonyl (C=O) groups is 1. The predicted molar refractivity (Wildman–Crippen MR) is 118 cm³/mol. The maximum Gasteiger partial charge on any atom is 0.436 e. The van der Waals surface area contributed by atoms with Gasteiger partial charge < -0.3 is 19.6 Å². The summed E-state index contributed by atoms with van der Waals surface area (Å²) in [6.07, 6.45) is -4.06. The minimum Gasteiger partial charge on any atom is -0.464 e. The van der Waals surface area contributed by atoms with Crippen molar-refractivity contribution < 1.29 is 27.8 Å². The van der Waals surface area contributed by atoms with Gasteiger partial charge in [-0.3, -0.25) is 9.48 Å². The van der Waals surface area contributed by atoms with Gasteiger partial charge in [0.2, 0.25) is 5.91 Å². The Balaban J connectivity index is 1.71. The van der Waals surface area contributed by atoms with Crippen LogP contribution in [-0.4, -0.2) is 51.9 Å². The minimum atomic E-state index is -4.83. The number of carbonyl (C=O) groups excluding carboxylic acids is 1. The van der Waals surface area contributed by atoms with Crippen LogP contribution in [-0.2, 0) is 17.5 Å². The molecule has 2 aromatic rings. The van der Waals surface area contributed by atoms with Gasteiger partial charge in [0.1, 0.15) is 18.4 Å². The SMILES string of the molecule is C=COc1cc(N2CCN(C(=O)Cn3nc(C(F)(F)F)c(Cl)c3C(O)C=C)CC2)ccc1Cl. The molecule has 0 radical (unpaired) electrons. The topological polar surface area (TPSA) is 70.8 Å². The second kappa shape index (κ2) is 10.1. The van der Waals surface area contributed by atoms with Gasteiger partial charge in [0, 0.05) is 37.9 Å². The molecular formula is C21H21Cl2F3N4O3. The Labute approximate surface area is 198 Å². The molecule has 0 spiro atoms. The van der Waals surface area contributed by atoms with Crippen molar-refractivity contribution >= 4 is 34.8 Å². The van der Waals surface area contributed by atoms with Crippen molar-refractivity contribution in [1.82, 2.24) is 14.7 Å². The van der Waals surface area contributed by atoms with Crippen molar-refractivity contribution in [2.45, 2.75) is 18.8 Å². The molecule has 1 N–H and O–H groups in total. The fourth-order valence-electron chi connectivity index (χ4n) is 3.46. The van der Waals surface area contributed by atoms with E-state index in [0.29, 0.717) is 37.0 Å². The van der Waals surface area contributed by atoms with Crippen molar-refractivity contribution in [3.63, 3.8) is 0 Å². The van der Waals surface area contributed by atoms with Gasteiger partial charge in [-0.25, -0.2) is 0 Å². The van der Waals surface area contributed by atoms with E-state index in [1.807, 2.05) is 11.0 Å². The number of aliphatic hydroxyl groups excluding tert-OH is 1. The van der Waals surface area contributed by atoms with E-state index in [2.05, 4.69) is 18.3 Å². The summed E-state index contributed by atoms with van der Waals surface area (Å²) in [4.78, 5) is 16.3. The van der Waals surface area contributed by atoms with E-state index in [1.165, 1.54) is 11.2 Å². The highest BCUT2D eigenvalue weighted by Crippen LogP contribution is 2.38. The van der Waals surface area contributed by atoms with Gasteiger partial charge >= 0.3 is 6.18 Å². The van der Waals surface area contributed by atoms with E-state index < -0.39 is 35.4 Å². The third-order valence-electron chi connectivity index (χ3n) is 5.11. The summed E-state index contributed by atoms with van der Waals surface area (Å²) in [5.41, 5.74) is -0.853. The third kappa shape index (κ3) is 5.45. The molecular weight excluding hydrogens is 484 g/mol. The van der Waals surface area contributed by atoms with Crippen LogP contribution in [0.2, 0.25) is 10.0 Å². The second-order valence-electron chi connectivity index (χ2n) is 7.15. The molecule has 1 aliphatic rings. The van der Waals surface area contributed by atoms with Gasteiger partial charge in [-0.05, 0) is 12.1 Å². The van der Waals surface area contributed by atoms with Gasteiger partial charge in [0.05, 0.1) is 22.0 Å². The van der Waals surface area contributed by atoms with E-state index in [0.717, 1.165) is 16.4 Å². The van der Waals surface area contributed by atoms with Gasteiger partial charge in [-0.15, -0.1) is 6.58 Å². The van der Waals surface area contributed by atoms with Gasteiger partial charge in [-0.1, -0.05) is 35.9 Å². The fraction of sp³-hybridized carbons (Fsp3) is 0.333. The number of piperazine rings is 1. The molecule has 0 aliphatic carbocycles. The zero-order chi connectivity index (χ0) is 24.3. The normalized spacial score (nSPS) is 15.3. The number of nitrogens with zero attached hydrogens (tertiary/aromatic N) is 4. The van der Waals surface area contributed by atoms with Crippen LogP contribution in [0, 0.1) is 0 Å². The van der Waals surface area contributed by atoms with Crippen molar-refractivity contribution in [2.24, 2.45) is 0 Å². The molecule has 12 heteroatoms. The summed E-state index contributed by atoms with van der Waals surface area (Å²) in [6, 6.07) is 5.28. The number of hydrogen-bond donors (Lipinski definition) is 1. The van der Waals surface area contributed by atoms with Crippen LogP contribution in [0.15, 0.2) is 43.7 Å². The molecule has 0 bridgehead atoms. The number of rotatable bonds is 7. The summed E-state index contributed by atoms with van der Waals surface area (Å²) in [7, 11) is 0. The average molecular weight is 505 g/mol. The molecule has 33 heavy (non-hydrogen) atoms. The number of ether oxygens (including phenoxy) is 1. The molecule has 1 unspecified atom stereocenters. The molecule has 1 atom stereocenters. The summed E-state index contributed by atoms with van der Waals surface area (Å²) in [5, 5.41) is 13.2. The van der Waals surface area contributed by atoms with Gasteiger partial charge in [-0.2, -0.15) is 18.3 Å². The predicted octanol–water partition coefficient (Wildman–Crippen LogP) is 4.30. The number of aromatic nitrogens is 2. The molecule has 178 valence electrons. The Morgan fingerprint density at radius 3 is 2.48 bits per heavy atom. The fourth-order valence-corrected chi connectivity index (χ4v) is 3.98. The van der Waals surface area contributed by atoms with Crippen LogP contribution in [0.1, 0.15) is 17.5 Å². The number of benzene rings is 1. The van der Waals surface area contributed by atoms with Crippen LogP contribution in [0.3, 0.4) is 0 Å². The lowest BCUT2D eigenvalue weighted by Crippen LogP contribution is -2.49. The second-order valence-corrected chi connectivity index (χ2v) is 7.94. The molecule has 1 aliphatic heterocycles. The summed E-state index contributed by atoms with van der Waals surface area (Å²) >= 11 is 11.9. The standard InChI is InChI=1S/C21H21Cl2F3N4O3/c1-3-15(31)19-18(23)20(21(24,25)26)27-30(19)12-17(32)29-9-7-28(8-10-29)13-5-6-14(22)16(11-13)33-4-2/h3-6,11,15,31H,1-2,7-10,12H2. The number of hydrogen-bond acceptors (Lipinski definition) is 5. The van der Waals surface area contributed by atoms with Crippen molar-refractivity contribution in [3.05, 3.63) is 65.1 Å². The molecule has 0 saturated carbocycles. The quantitative estimate of drug-likeness (QED) is 0.449. The number of anilines is 1. The first-order valence-corrected chi connectivity index (χ1v) is 10.6. The Hall–Kier alpha value is -2.69. The highest BCUT2D eigenvalue weighted by molar-refractivity contribution is 6.32. The number of alkyl halides is 3. The van der Waals surface area contributed by atoms with Crippen molar-refractivity contribution in [3.8, 4) is 5.75 Å². The maximum absolute atomic E-state index is 13.2. The summed E-state index contributed by atoms with van der Waals surface area (Å²) < 4.78 is 45.7. The Morgan fingerprint density at radius 2 is 1.91 bits per heavy atom. The minimum absolute atomic E-state index is 0.332. The third-order valence-corrected chi connectivity index (χ3v) is 5.80. The maximum atomic E-state index is 13.2. The molecule has 1 fully saturated rings. The summed E-state index contributed by atoms with van der Waals surface area (Å²) in [5.74, 6) is -0.00107. The highest BCUT2D eigenvalue weighted by Gasteiger charge is 2.40. The lowest BCUT2D eigenvalue weighted by molar-refractivity contribution is -0.142. The lowest BCUT2D eigenvalue weighted by Gasteiger charge is -2.36. The van der Waals surface area contributed by atoms with Crippen molar-refractivity contribution in [1.29, 1.82) is 0 Å². The molecule has 1 aromatic carbocycles. The number of halogens is 5. The summed E-state index contributed by atoms with van der Waals surface area (Å²) in [6.45, 7) is 8.00. The van der Waals surface area contributed by atoms with Crippen molar-refractivity contribution in [2.75, 3.05) is 31.1 Å². The molecule has 7 nitrogen and oxygen atoms in total. The van der Waals surface area contributed by atoms with Gasteiger partial charge in [0.15, 0.2) is 5.69 Å². The first-order chi connectivity index (χ1) is 15.6. The first kappa shape index (κ1) is 24.9. The Morgan fingerprint density at radius 1 is 1.24 bits per heavy atom. The zero-order valence-electron chi connectivity index (χ0n) is 17.4. The van der Waals surface area contributed by atoms with Crippen LogP contribution in [0.4, 0.5) is 18.9 Å². The molecule has 1 aromatic heterocycles. The number of aliphatic hydroxyl groups is 1. The zero-order valence-corrected chi connectivity index (χ0v) is 18.9. The van der Waals surface area contributed by atoms with Crippen LogP contribution < -0.4 is 9.64 Å².